The molecule has 0 N–H and O–H groups in total. The van der Waals surface area contributed by atoms with Crippen LogP contribution in [0.15, 0.2) is 182 Å². The summed E-state index contributed by atoms with van der Waals surface area (Å²) < 4.78 is 0. The summed E-state index contributed by atoms with van der Waals surface area (Å²) in [6, 6.07) is 64.9. The Balaban J connectivity index is 1.21. The van der Waals surface area contributed by atoms with Gasteiger partial charge < -0.3 is 9.80 Å². The molecule has 0 saturated heterocycles. The van der Waals surface area contributed by atoms with Crippen LogP contribution in [-0.4, -0.2) is 0 Å². The lowest BCUT2D eigenvalue weighted by atomic mass is 10.00. The topological polar surface area (TPSA) is 6.48 Å². The summed E-state index contributed by atoms with van der Waals surface area (Å²) in [6.45, 7) is 4.33. The molecule has 0 aliphatic carbocycles. The smallest absolute Gasteiger partial charge is 0.0491 e. The lowest BCUT2D eigenvalue weighted by Crippen LogP contribution is -2.11. The Morgan fingerprint density at radius 1 is 0.304 bits per heavy atom. The molecule has 0 aliphatic rings. The maximum atomic E-state index is 2.35. The Morgan fingerprint density at radius 2 is 0.652 bits per heavy atom. The molecule has 7 aromatic rings. The molecular weight excluding hydrogens is 556 g/mol. The summed E-state index contributed by atoms with van der Waals surface area (Å²) in [5, 5.41) is 0. The summed E-state index contributed by atoms with van der Waals surface area (Å²) in [4.78, 5) is 4.64. The van der Waals surface area contributed by atoms with E-state index in [9.17, 15) is 0 Å². The number of rotatable bonds is 8. The van der Waals surface area contributed by atoms with Gasteiger partial charge >= 0.3 is 0 Å². The van der Waals surface area contributed by atoms with Crippen molar-refractivity contribution in [3.05, 3.63) is 193 Å². The predicted molar refractivity (Wildman–Crippen MR) is 196 cm³/mol. The van der Waals surface area contributed by atoms with Crippen molar-refractivity contribution < 1.29 is 0 Å². The van der Waals surface area contributed by atoms with Crippen LogP contribution in [0.1, 0.15) is 11.1 Å². The fourth-order valence-electron chi connectivity index (χ4n) is 6.04. The molecule has 0 aromatic heterocycles. The molecule has 0 spiro atoms. The first-order chi connectivity index (χ1) is 22.6. The van der Waals surface area contributed by atoms with Gasteiger partial charge in [-0.05, 0) is 114 Å². The quantitative estimate of drug-likeness (QED) is 0.173. The van der Waals surface area contributed by atoms with Crippen LogP contribution in [0.2, 0.25) is 0 Å². The number of hydrogen-bond acceptors (Lipinski definition) is 2. The number of anilines is 6. The molecule has 2 nitrogen and oxygen atoms in total. The third-order valence-corrected chi connectivity index (χ3v) is 8.45. The first kappa shape index (κ1) is 28.9. The summed E-state index contributed by atoms with van der Waals surface area (Å²) in [5.74, 6) is 0. The van der Waals surface area contributed by atoms with Crippen molar-refractivity contribution in [3.63, 3.8) is 0 Å². The van der Waals surface area contributed by atoms with Gasteiger partial charge in [0.25, 0.3) is 0 Å². The standard InChI is InChI=1S/C44H36N2/c1-33-18-20-35(21-19-33)36-22-29-43(30-23-36)46(41-16-10-5-11-17-41)44-31-26-38(32-34(44)2)37-24-27-42(28-25-37)45(39-12-6-3-7-13-39)40-14-8-4-9-15-40/h3-32H,1-2H3. The second-order valence-corrected chi connectivity index (χ2v) is 11.6. The van der Waals surface area contributed by atoms with Crippen LogP contribution in [-0.2, 0) is 0 Å². The van der Waals surface area contributed by atoms with Gasteiger partial charge in [-0.2, -0.15) is 0 Å². The zero-order chi connectivity index (χ0) is 31.3. The van der Waals surface area contributed by atoms with Crippen molar-refractivity contribution in [1.29, 1.82) is 0 Å². The van der Waals surface area contributed by atoms with Crippen LogP contribution in [0.25, 0.3) is 22.3 Å². The molecule has 0 fully saturated rings. The Labute approximate surface area is 272 Å². The Kier molecular flexibility index (Phi) is 8.17. The summed E-state index contributed by atoms with van der Waals surface area (Å²) in [6.07, 6.45) is 0. The molecule has 0 atom stereocenters. The van der Waals surface area contributed by atoms with E-state index in [4.69, 9.17) is 0 Å². The fraction of sp³-hybridized carbons (Fsp3) is 0.0455. The molecule has 0 aliphatic heterocycles. The van der Waals surface area contributed by atoms with Crippen LogP contribution in [0, 0.1) is 13.8 Å². The maximum absolute atomic E-state index is 2.35. The number of nitrogens with zero attached hydrogens (tertiary/aromatic N) is 2. The highest BCUT2D eigenvalue weighted by molar-refractivity contribution is 5.83. The van der Waals surface area contributed by atoms with Crippen molar-refractivity contribution in [1.82, 2.24) is 0 Å². The number of hydrogen-bond donors (Lipinski definition) is 0. The van der Waals surface area contributed by atoms with Gasteiger partial charge in [-0.3, -0.25) is 0 Å². The SMILES string of the molecule is Cc1ccc(-c2ccc(N(c3ccccc3)c3ccc(-c4ccc(N(c5ccccc5)c5ccccc5)cc4)cc3C)cc2)cc1. The van der Waals surface area contributed by atoms with Crippen molar-refractivity contribution >= 4 is 34.1 Å². The summed E-state index contributed by atoms with van der Waals surface area (Å²) in [5.41, 5.74) is 14.1. The lowest BCUT2D eigenvalue weighted by Gasteiger charge is -2.28. The van der Waals surface area contributed by atoms with Gasteiger partial charge in [0.15, 0.2) is 0 Å². The minimum absolute atomic E-state index is 1.12. The van der Waals surface area contributed by atoms with E-state index in [2.05, 4.69) is 206 Å². The molecule has 46 heavy (non-hydrogen) atoms. The second kappa shape index (κ2) is 13.0. The predicted octanol–water partition coefficient (Wildman–Crippen LogP) is 12.6. The molecule has 0 amide bonds. The van der Waals surface area contributed by atoms with Gasteiger partial charge in [0.05, 0.1) is 0 Å². The number of benzene rings is 7. The molecule has 0 unspecified atom stereocenters. The van der Waals surface area contributed by atoms with E-state index in [0.717, 1.165) is 34.1 Å². The average Bonchev–Trinajstić information content (AvgIpc) is 3.12. The second-order valence-electron chi connectivity index (χ2n) is 11.6. The van der Waals surface area contributed by atoms with Crippen molar-refractivity contribution in [2.45, 2.75) is 13.8 Å². The van der Waals surface area contributed by atoms with Crippen LogP contribution in [0.4, 0.5) is 34.1 Å². The molecule has 7 aromatic carbocycles. The van der Waals surface area contributed by atoms with Crippen LogP contribution < -0.4 is 9.80 Å². The van der Waals surface area contributed by atoms with Gasteiger partial charge in [0.2, 0.25) is 0 Å². The Hall–Kier alpha value is -5.86. The highest BCUT2D eigenvalue weighted by atomic mass is 15.1. The zero-order valence-corrected chi connectivity index (χ0v) is 26.2. The van der Waals surface area contributed by atoms with Crippen molar-refractivity contribution in [3.8, 4) is 22.3 Å². The zero-order valence-electron chi connectivity index (χ0n) is 26.2. The van der Waals surface area contributed by atoms with Gasteiger partial charge in [0, 0.05) is 34.1 Å². The van der Waals surface area contributed by atoms with E-state index in [1.165, 1.54) is 33.4 Å². The van der Waals surface area contributed by atoms with E-state index in [-0.39, 0.29) is 0 Å². The molecular formula is C44H36N2. The number of aryl methyl sites for hydroxylation is 2. The van der Waals surface area contributed by atoms with Gasteiger partial charge in [-0.15, -0.1) is 0 Å². The maximum Gasteiger partial charge on any atom is 0.0491 e. The third-order valence-electron chi connectivity index (χ3n) is 8.45. The van der Waals surface area contributed by atoms with Crippen LogP contribution in [0.5, 0.6) is 0 Å². The van der Waals surface area contributed by atoms with E-state index < -0.39 is 0 Å². The normalized spacial score (nSPS) is 10.8. The highest BCUT2D eigenvalue weighted by Gasteiger charge is 2.16. The Bertz CT molecular complexity index is 1980. The van der Waals surface area contributed by atoms with E-state index in [0.29, 0.717) is 0 Å². The minimum atomic E-state index is 1.12. The van der Waals surface area contributed by atoms with Crippen LogP contribution >= 0.6 is 0 Å². The van der Waals surface area contributed by atoms with Crippen molar-refractivity contribution in [2.75, 3.05) is 9.80 Å². The first-order valence-electron chi connectivity index (χ1n) is 15.8. The molecule has 0 bridgehead atoms. The van der Waals surface area contributed by atoms with E-state index >= 15 is 0 Å². The van der Waals surface area contributed by atoms with Crippen molar-refractivity contribution in [2.24, 2.45) is 0 Å². The van der Waals surface area contributed by atoms with E-state index in [1.54, 1.807) is 0 Å². The molecule has 222 valence electrons. The first-order valence-corrected chi connectivity index (χ1v) is 15.8. The fourth-order valence-corrected chi connectivity index (χ4v) is 6.04. The third kappa shape index (κ3) is 6.06. The Morgan fingerprint density at radius 3 is 1.11 bits per heavy atom. The van der Waals surface area contributed by atoms with Crippen LogP contribution in [0.3, 0.4) is 0 Å². The molecule has 2 heteroatoms. The minimum Gasteiger partial charge on any atom is -0.311 e. The molecule has 0 heterocycles. The van der Waals surface area contributed by atoms with Gasteiger partial charge in [-0.1, -0.05) is 115 Å². The highest BCUT2D eigenvalue weighted by Crippen LogP contribution is 2.40. The molecule has 7 rings (SSSR count). The largest absolute Gasteiger partial charge is 0.311 e. The average molecular weight is 593 g/mol. The van der Waals surface area contributed by atoms with E-state index in [1.807, 2.05) is 0 Å². The number of para-hydroxylation sites is 3. The monoisotopic (exact) mass is 592 g/mol. The summed E-state index contributed by atoms with van der Waals surface area (Å²) in [7, 11) is 0. The lowest BCUT2D eigenvalue weighted by molar-refractivity contribution is 1.25. The summed E-state index contributed by atoms with van der Waals surface area (Å²) >= 11 is 0. The molecule has 0 saturated carbocycles. The molecule has 0 radical (unpaired) electrons. The van der Waals surface area contributed by atoms with Gasteiger partial charge in [0.1, 0.15) is 0 Å². The van der Waals surface area contributed by atoms with Gasteiger partial charge in [-0.25, -0.2) is 0 Å².